The first-order chi connectivity index (χ1) is 15.0. The lowest BCUT2D eigenvalue weighted by molar-refractivity contribution is -0.0963. The molecule has 1 unspecified atom stereocenters. The van der Waals surface area contributed by atoms with E-state index in [2.05, 4.69) is 23.1 Å². The number of aromatic nitrogens is 1. The molecule has 1 fully saturated rings. The molecule has 0 saturated carbocycles. The number of hydrogen-bond acceptors (Lipinski definition) is 5. The number of halogens is 1. The van der Waals surface area contributed by atoms with Crippen LogP contribution < -0.4 is 5.56 Å². The van der Waals surface area contributed by atoms with Crippen LogP contribution in [0.3, 0.4) is 0 Å². The molecule has 1 aromatic heterocycles. The Balaban J connectivity index is 1.70. The Hall–Kier alpha value is -1.83. The summed E-state index contributed by atoms with van der Waals surface area (Å²) in [5.74, 6) is 0. The average molecular weight is 459 g/mol. The van der Waals surface area contributed by atoms with Gasteiger partial charge in [0.15, 0.2) is 0 Å². The molecule has 0 radical (unpaired) electrons. The van der Waals surface area contributed by atoms with Gasteiger partial charge in [-0.2, -0.15) is 0 Å². The largest absolute Gasteiger partial charge is 0.376 e. The zero-order valence-electron chi connectivity index (χ0n) is 17.8. The minimum absolute atomic E-state index is 0.0123. The third kappa shape index (κ3) is 5.33. The van der Waals surface area contributed by atoms with Crippen molar-refractivity contribution in [2.75, 3.05) is 39.7 Å². The summed E-state index contributed by atoms with van der Waals surface area (Å²) in [7, 11) is 2.01. The molecule has 164 valence electrons. The zero-order chi connectivity index (χ0) is 21.8. The number of ether oxygens (including phenoxy) is 2. The lowest BCUT2D eigenvalue weighted by Crippen LogP contribution is -2.39. The van der Waals surface area contributed by atoms with Crippen molar-refractivity contribution in [1.29, 1.82) is 0 Å². The number of hydrogen-bond donors (Lipinski definition) is 0. The Morgan fingerprint density at radius 2 is 2.00 bits per heavy atom. The first-order valence-electron chi connectivity index (χ1n) is 10.4. The molecule has 0 amide bonds. The molecule has 4 rings (SSSR count). The summed E-state index contributed by atoms with van der Waals surface area (Å²) in [6, 6.07) is 16.0. The van der Waals surface area contributed by atoms with Gasteiger partial charge in [0.1, 0.15) is 0 Å². The highest BCUT2D eigenvalue weighted by Crippen LogP contribution is 2.24. The van der Waals surface area contributed by atoms with Crippen LogP contribution in [0, 0.1) is 0 Å². The quantitative estimate of drug-likeness (QED) is 0.494. The van der Waals surface area contributed by atoms with Gasteiger partial charge in [0, 0.05) is 28.6 Å². The number of pyridine rings is 1. The van der Waals surface area contributed by atoms with Crippen LogP contribution in [-0.4, -0.2) is 55.2 Å². The van der Waals surface area contributed by atoms with Crippen molar-refractivity contribution in [3.05, 3.63) is 75.0 Å². The van der Waals surface area contributed by atoms with Crippen LogP contribution in [0.5, 0.6) is 0 Å². The fraction of sp³-hybridized carbons (Fsp3) is 0.375. The van der Waals surface area contributed by atoms with E-state index in [0.717, 1.165) is 26.9 Å². The van der Waals surface area contributed by atoms with Gasteiger partial charge in [-0.15, -0.1) is 11.8 Å². The summed E-state index contributed by atoms with van der Waals surface area (Å²) in [6.07, 6.45) is 2.08. The minimum atomic E-state index is 0.0123. The van der Waals surface area contributed by atoms with Gasteiger partial charge in [0.05, 0.1) is 38.0 Å². The molecule has 1 aliphatic rings. The number of rotatable bonds is 7. The van der Waals surface area contributed by atoms with E-state index < -0.39 is 0 Å². The molecular weight excluding hydrogens is 432 g/mol. The summed E-state index contributed by atoms with van der Waals surface area (Å²) >= 11 is 8.08. The first-order valence-corrected chi connectivity index (χ1v) is 12.0. The molecule has 7 heteroatoms. The standard InChI is InChI=1S/C24H27ClN2O3S/c1-26(15-20-16-29-9-10-30-20)13-19-11-17-7-8-21(31-2)12-23(17)27(24(19)28)14-18-5-3-4-6-22(18)25/h3-8,11-12,20H,9-10,13-16H2,1-2H3. The van der Waals surface area contributed by atoms with Crippen LogP contribution in [0.15, 0.2) is 58.2 Å². The highest BCUT2D eigenvalue weighted by Gasteiger charge is 2.18. The van der Waals surface area contributed by atoms with E-state index in [1.54, 1.807) is 11.8 Å². The van der Waals surface area contributed by atoms with Crippen molar-refractivity contribution in [2.45, 2.75) is 24.1 Å². The third-order valence-electron chi connectivity index (χ3n) is 5.50. The van der Waals surface area contributed by atoms with Gasteiger partial charge < -0.3 is 14.0 Å². The van der Waals surface area contributed by atoms with E-state index in [4.69, 9.17) is 21.1 Å². The van der Waals surface area contributed by atoms with Crippen molar-refractivity contribution < 1.29 is 9.47 Å². The predicted octanol–water partition coefficient (Wildman–Crippen LogP) is 4.27. The predicted molar refractivity (Wildman–Crippen MR) is 127 cm³/mol. The molecule has 0 aliphatic carbocycles. The van der Waals surface area contributed by atoms with Crippen LogP contribution in [0.4, 0.5) is 0 Å². The molecule has 0 N–H and O–H groups in total. The molecule has 31 heavy (non-hydrogen) atoms. The summed E-state index contributed by atoms with van der Waals surface area (Å²) in [4.78, 5) is 16.8. The molecule has 1 saturated heterocycles. The lowest BCUT2D eigenvalue weighted by Gasteiger charge is -2.27. The second kappa shape index (κ2) is 10.2. The van der Waals surface area contributed by atoms with Crippen molar-refractivity contribution in [2.24, 2.45) is 0 Å². The minimum Gasteiger partial charge on any atom is -0.376 e. The topological polar surface area (TPSA) is 43.7 Å². The van der Waals surface area contributed by atoms with Crippen LogP contribution in [0.1, 0.15) is 11.1 Å². The van der Waals surface area contributed by atoms with Crippen LogP contribution >= 0.6 is 23.4 Å². The van der Waals surface area contributed by atoms with Crippen molar-refractivity contribution >= 4 is 34.3 Å². The van der Waals surface area contributed by atoms with E-state index in [1.165, 1.54) is 0 Å². The van der Waals surface area contributed by atoms with Crippen molar-refractivity contribution in [3.8, 4) is 0 Å². The SMILES string of the molecule is CSc1ccc2cc(CN(C)CC3COCCO3)c(=O)n(Cc3ccccc3Cl)c2c1. The number of likely N-dealkylation sites (N-methyl/N-ethyl adjacent to an activating group) is 1. The summed E-state index contributed by atoms with van der Waals surface area (Å²) in [5.41, 5.74) is 2.63. The van der Waals surface area contributed by atoms with E-state index in [9.17, 15) is 4.79 Å². The molecule has 0 bridgehead atoms. The van der Waals surface area contributed by atoms with Gasteiger partial charge in [-0.05, 0) is 48.5 Å². The highest BCUT2D eigenvalue weighted by molar-refractivity contribution is 7.98. The number of nitrogens with zero attached hydrogens (tertiary/aromatic N) is 2. The van der Waals surface area contributed by atoms with Crippen molar-refractivity contribution in [3.63, 3.8) is 0 Å². The van der Waals surface area contributed by atoms with Gasteiger partial charge in [-0.25, -0.2) is 0 Å². The smallest absolute Gasteiger partial charge is 0.255 e. The first kappa shape index (κ1) is 22.4. The van der Waals surface area contributed by atoms with E-state index in [-0.39, 0.29) is 11.7 Å². The fourth-order valence-corrected chi connectivity index (χ4v) is 4.58. The van der Waals surface area contributed by atoms with Gasteiger partial charge in [-0.3, -0.25) is 9.69 Å². The number of thioether (sulfide) groups is 1. The maximum atomic E-state index is 13.6. The number of fused-ring (bicyclic) bond motifs is 1. The highest BCUT2D eigenvalue weighted by atomic mass is 35.5. The molecule has 3 aromatic rings. The van der Waals surface area contributed by atoms with Crippen molar-refractivity contribution in [1.82, 2.24) is 9.47 Å². The van der Waals surface area contributed by atoms with E-state index in [1.807, 2.05) is 48.2 Å². The number of benzene rings is 2. The fourth-order valence-electron chi connectivity index (χ4n) is 3.95. The van der Waals surface area contributed by atoms with Gasteiger partial charge >= 0.3 is 0 Å². The molecule has 5 nitrogen and oxygen atoms in total. The molecular formula is C24H27ClN2O3S. The lowest BCUT2D eigenvalue weighted by atomic mass is 10.1. The van der Waals surface area contributed by atoms with Gasteiger partial charge in [-0.1, -0.05) is 35.9 Å². The Kier molecular flexibility index (Phi) is 7.35. The molecule has 1 atom stereocenters. The maximum Gasteiger partial charge on any atom is 0.255 e. The monoisotopic (exact) mass is 458 g/mol. The normalized spacial score (nSPS) is 16.8. The summed E-state index contributed by atoms with van der Waals surface area (Å²) < 4.78 is 13.1. The average Bonchev–Trinajstić information content (AvgIpc) is 2.78. The molecule has 2 aromatic carbocycles. The van der Waals surface area contributed by atoms with Crippen LogP contribution in [0.25, 0.3) is 10.9 Å². The third-order valence-corrected chi connectivity index (χ3v) is 6.60. The Morgan fingerprint density at radius 3 is 2.74 bits per heavy atom. The maximum absolute atomic E-state index is 13.6. The zero-order valence-corrected chi connectivity index (χ0v) is 19.4. The second-order valence-corrected chi connectivity index (χ2v) is 9.13. The Morgan fingerprint density at radius 1 is 1.16 bits per heavy atom. The molecule has 1 aliphatic heterocycles. The summed E-state index contributed by atoms with van der Waals surface area (Å²) in [6.45, 7) is 3.56. The van der Waals surface area contributed by atoms with Gasteiger partial charge in [0.2, 0.25) is 0 Å². The van der Waals surface area contributed by atoms with E-state index in [0.29, 0.717) is 44.5 Å². The second-order valence-electron chi connectivity index (χ2n) is 7.84. The van der Waals surface area contributed by atoms with E-state index >= 15 is 0 Å². The van der Waals surface area contributed by atoms with Crippen LogP contribution in [0.2, 0.25) is 5.02 Å². The van der Waals surface area contributed by atoms with Gasteiger partial charge in [0.25, 0.3) is 5.56 Å². The molecule has 0 spiro atoms. The Labute approximate surface area is 191 Å². The summed E-state index contributed by atoms with van der Waals surface area (Å²) in [5, 5.41) is 1.71. The molecule has 2 heterocycles. The van der Waals surface area contributed by atoms with Crippen LogP contribution in [-0.2, 0) is 22.6 Å². The Bertz CT molecular complexity index is 1110.